The molecule has 10 heteroatoms. The highest BCUT2D eigenvalue weighted by Gasteiger charge is 2.32. The number of hydrogen-bond acceptors (Lipinski definition) is 5. The molecule has 0 amide bonds. The van der Waals surface area contributed by atoms with E-state index in [9.17, 15) is 9.90 Å². The van der Waals surface area contributed by atoms with E-state index in [0.29, 0.717) is 47.9 Å². The Labute approximate surface area is 270 Å². The van der Waals surface area contributed by atoms with Crippen LogP contribution in [0, 0.1) is 11.6 Å². The van der Waals surface area contributed by atoms with Crippen LogP contribution in [-0.4, -0.2) is 44.0 Å². The number of aromatic amines is 2. The molecule has 1 unspecified atom stereocenters. The van der Waals surface area contributed by atoms with Crippen LogP contribution < -0.4 is 4.74 Å². The largest absolute Gasteiger partial charge is 0.481 e. The van der Waals surface area contributed by atoms with E-state index in [1.54, 1.807) is 30.2 Å². The lowest BCUT2D eigenvalue weighted by molar-refractivity contribution is -0.136. The van der Waals surface area contributed by atoms with Gasteiger partial charge in [-0.25, -0.2) is 13.8 Å². The first-order valence-electron chi connectivity index (χ1n) is 15.4. The zero-order valence-electron chi connectivity index (χ0n) is 26.1. The van der Waals surface area contributed by atoms with E-state index in [1.165, 1.54) is 18.2 Å². The van der Waals surface area contributed by atoms with Crippen molar-refractivity contribution in [1.82, 2.24) is 15.0 Å². The van der Waals surface area contributed by atoms with Gasteiger partial charge < -0.3 is 24.5 Å². The molecule has 0 fully saturated rings. The van der Waals surface area contributed by atoms with Crippen molar-refractivity contribution < 1.29 is 28.2 Å². The third kappa shape index (κ3) is 6.69. The lowest BCUT2D eigenvalue weighted by Gasteiger charge is -2.31. The Balaban J connectivity index is 1.43. The predicted octanol–water partition coefficient (Wildman–Crippen LogP) is 8.77. The minimum atomic E-state index is -0.846. The third-order valence-electron chi connectivity index (χ3n) is 8.65. The molecular weight excluding hydrogens is 608 g/mol. The normalized spacial score (nSPS) is 18.7. The molecule has 1 aliphatic rings. The Hall–Kier alpha value is -4.15. The number of hydrogen-bond donors (Lipinski definition) is 3. The summed E-state index contributed by atoms with van der Waals surface area (Å²) in [6.07, 6.45) is 5.38. The first-order chi connectivity index (χ1) is 22.0. The fraction of sp³-hybridized carbons (Fsp3) is 0.333. The number of H-pyrrole nitrogens is 2. The number of fused-ring (bicyclic) bond motifs is 8. The predicted molar refractivity (Wildman–Crippen MR) is 177 cm³/mol. The second kappa shape index (κ2) is 12.9. The monoisotopic (exact) mass is 645 g/mol. The molecule has 0 saturated heterocycles. The van der Waals surface area contributed by atoms with Gasteiger partial charge in [-0.05, 0) is 75.4 Å². The zero-order valence-corrected chi connectivity index (χ0v) is 26.9. The van der Waals surface area contributed by atoms with Gasteiger partial charge in [0.1, 0.15) is 17.4 Å². The van der Waals surface area contributed by atoms with Gasteiger partial charge in [-0.1, -0.05) is 24.3 Å². The Morgan fingerprint density at radius 1 is 1.09 bits per heavy atom. The van der Waals surface area contributed by atoms with Gasteiger partial charge in [-0.2, -0.15) is 11.8 Å². The summed E-state index contributed by atoms with van der Waals surface area (Å²) < 4.78 is 43.5. The van der Waals surface area contributed by atoms with Crippen molar-refractivity contribution >= 4 is 28.6 Å². The van der Waals surface area contributed by atoms with Gasteiger partial charge >= 0.3 is 5.97 Å². The second-order valence-electron chi connectivity index (χ2n) is 12.6. The van der Waals surface area contributed by atoms with Crippen LogP contribution >= 0.6 is 11.8 Å². The van der Waals surface area contributed by atoms with Gasteiger partial charge in [0.15, 0.2) is 11.6 Å². The smallest absolute Gasteiger partial charge is 0.303 e. The van der Waals surface area contributed by atoms with Crippen molar-refractivity contribution in [2.45, 2.75) is 63.2 Å². The number of aromatic nitrogens is 3. The molecule has 3 N–H and O–H groups in total. The second-order valence-corrected chi connectivity index (χ2v) is 13.6. The highest BCUT2D eigenvalue weighted by molar-refractivity contribution is 7.98. The highest BCUT2D eigenvalue weighted by Crippen LogP contribution is 2.40. The molecule has 46 heavy (non-hydrogen) atoms. The molecule has 0 spiro atoms. The number of aliphatic carboxylic acids is 1. The number of nitrogens with zero attached hydrogens (tertiary/aromatic N) is 1. The molecule has 0 aliphatic carbocycles. The number of carboxylic acid groups (broad SMARTS) is 1. The number of benzene rings is 3. The number of halogens is 2. The quantitative estimate of drug-likeness (QED) is 0.181. The molecule has 5 aromatic rings. The van der Waals surface area contributed by atoms with Crippen LogP contribution in [0.4, 0.5) is 8.78 Å². The maximum atomic E-state index is 15.5. The first kappa shape index (κ1) is 31.8. The minimum Gasteiger partial charge on any atom is -0.481 e. The van der Waals surface area contributed by atoms with Crippen molar-refractivity contribution in [2.75, 3.05) is 12.4 Å². The maximum Gasteiger partial charge on any atom is 0.303 e. The lowest BCUT2D eigenvalue weighted by Crippen LogP contribution is -2.30. The molecule has 0 radical (unpaired) electrons. The summed E-state index contributed by atoms with van der Waals surface area (Å²) >= 11 is 1.64. The number of aryl methyl sites for hydroxylation is 1. The van der Waals surface area contributed by atoms with E-state index in [2.05, 4.69) is 35.7 Å². The first-order valence-corrected chi connectivity index (χ1v) is 16.5. The number of carbonyl (C=O) groups is 1. The van der Waals surface area contributed by atoms with Crippen molar-refractivity contribution in [3.63, 3.8) is 0 Å². The topological polar surface area (TPSA) is 100 Å². The van der Waals surface area contributed by atoms with E-state index in [1.807, 2.05) is 30.3 Å². The standard InChI is InChI=1S/C36H37F2N3O4S/c1-35(2)21-46-20-27-25-12-14-39-30(25)18-29(38)33(27)45-24-9-10-28(37)26(17-24)34-40-19-31(41-34)36(3,13-5-15-44-35)23-7-4-6-22(16-23)8-11-32(42)43/h4,6-7,9-10,12,14,16-19,39H,5,8,11,13,15,20-21H2,1-3H3,(H,40,41)(H,42,43). The average Bonchev–Trinajstić information content (AvgIpc) is 3.71. The van der Waals surface area contributed by atoms with Crippen LogP contribution in [0.1, 0.15) is 62.4 Å². The third-order valence-corrected chi connectivity index (χ3v) is 10.0. The van der Waals surface area contributed by atoms with E-state index < -0.39 is 28.6 Å². The number of rotatable bonds is 4. The van der Waals surface area contributed by atoms with Gasteiger partial charge in [-0.3, -0.25) is 4.79 Å². The molecule has 2 aromatic heterocycles. The Morgan fingerprint density at radius 2 is 1.93 bits per heavy atom. The molecule has 3 heterocycles. The van der Waals surface area contributed by atoms with E-state index in [-0.39, 0.29) is 23.5 Å². The minimum absolute atomic E-state index is 0.0391. The lowest BCUT2D eigenvalue weighted by atomic mass is 9.75. The fourth-order valence-electron chi connectivity index (χ4n) is 6.05. The van der Waals surface area contributed by atoms with Crippen LogP contribution in [0.15, 0.2) is 67.0 Å². The van der Waals surface area contributed by atoms with Crippen LogP contribution in [-0.2, 0) is 27.1 Å². The Bertz CT molecular complexity index is 1880. The summed E-state index contributed by atoms with van der Waals surface area (Å²) in [6.45, 7) is 6.73. The molecule has 3 aromatic carbocycles. The number of thioether (sulfide) groups is 1. The van der Waals surface area contributed by atoms with Crippen LogP contribution in [0.5, 0.6) is 11.5 Å². The average molecular weight is 646 g/mol. The number of imidazole rings is 1. The maximum absolute atomic E-state index is 15.5. The van der Waals surface area contributed by atoms with Crippen molar-refractivity contribution in [3.05, 3.63) is 101 Å². The molecule has 4 bridgehead atoms. The zero-order chi connectivity index (χ0) is 32.5. The highest BCUT2D eigenvalue weighted by atomic mass is 32.2. The van der Waals surface area contributed by atoms with E-state index in [4.69, 9.17) is 9.47 Å². The van der Waals surface area contributed by atoms with Crippen molar-refractivity contribution in [2.24, 2.45) is 0 Å². The Morgan fingerprint density at radius 3 is 2.76 bits per heavy atom. The van der Waals surface area contributed by atoms with Gasteiger partial charge in [0.2, 0.25) is 0 Å². The van der Waals surface area contributed by atoms with Gasteiger partial charge in [0.05, 0.1) is 11.2 Å². The molecule has 1 aliphatic heterocycles. The fourth-order valence-corrected chi connectivity index (χ4v) is 7.22. The molecule has 0 saturated carbocycles. The summed E-state index contributed by atoms with van der Waals surface area (Å²) in [5.74, 6) is 0.0161. The van der Waals surface area contributed by atoms with E-state index in [0.717, 1.165) is 28.6 Å². The van der Waals surface area contributed by atoms with Crippen molar-refractivity contribution in [3.8, 4) is 22.9 Å². The number of carboxylic acids is 1. The van der Waals surface area contributed by atoms with Gasteiger partial charge in [0, 0.05) is 70.6 Å². The van der Waals surface area contributed by atoms with Crippen molar-refractivity contribution in [1.29, 1.82) is 0 Å². The van der Waals surface area contributed by atoms with Crippen LogP contribution in [0.25, 0.3) is 22.3 Å². The Kier molecular flexibility index (Phi) is 8.94. The SMILES string of the molecule is CC1(C)CSCc2c(c(F)cc3[nH]ccc23)Oc2ccc(F)c(c2)-c2ncc([nH]2)C(C)(c2cccc(CCC(=O)O)c2)CCCO1. The summed E-state index contributed by atoms with van der Waals surface area (Å²) in [5, 5.41) is 10.1. The van der Waals surface area contributed by atoms with E-state index >= 15 is 8.78 Å². The molecule has 7 nitrogen and oxygen atoms in total. The number of ether oxygens (including phenoxy) is 2. The summed E-state index contributed by atoms with van der Waals surface area (Å²) in [6, 6.07) is 15.6. The molecular formula is C36H37F2N3O4S. The number of nitrogens with one attached hydrogen (secondary N) is 2. The summed E-state index contributed by atoms with van der Waals surface area (Å²) in [4.78, 5) is 22.3. The molecule has 240 valence electrons. The van der Waals surface area contributed by atoms with Crippen LogP contribution in [0.2, 0.25) is 0 Å². The summed E-state index contributed by atoms with van der Waals surface area (Å²) in [5.41, 5.74) is 3.29. The molecule has 1 atom stereocenters. The van der Waals surface area contributed by atoms with Crippen LogP contribution in [0.3, 0.4) is 0 Å². The summed E-state index contributed by atoms with van der Waals surface area (Å²) in [7, 11) is 0. The van der Waals surface area contributed by atoms with Gasteiger partial charge in [-0.15, -0.1) is 0 Å². The van der Waals surface area contributed by atoms with Gasteiger partial charge in [0.25, 0.3) is 0 Å². The molecule has 6 rings (SSSR count).